The second-order valence-corrected chi connectivity index (χ2v) is 7.30. The molecular formula is C20H20FNO4. The van der Waals surface area contributed by atoms with Gasteiger partial charge in [0.05, 0.1) is 5.69 Å². The van der Waals surface area contributed by atoms with Crippen molar-refractivity contribution in [3.63, 3.8) is 0 Å². The molecule has 0 radical (unpaired) electrons. The van der Waals surface area contributed by atoms with Crippen molar-refractivity contribution in [1.29, 1.82) is 0 Å². The Labute approximate surface area is 151 Å². The van der Waals surface area contributed by atoms with Crippen LogP contribution in [0.1, 0.15) is 31.9 Å². The summed E-state index contributed by atoms with van der Waals surface area (Å²) in [5.41, 5.74) is -1.53. The maximum atomic E-state index is 13.1. The van der Waals surface area contributed by atoms with E-state index in [-0.39, 0.29) is 12.1 Å². The molecule has 0 bridgehead atoms. The Hall–Kier alpha value is -2.73. The molecule has 2 aromatic carbocycles. The Kier molecular flexibility index (Phi) is 4.32. The molecule has 0 aliphatic carbocycles. The summed E-state index contributed by atoms with van der Waals surface area (Å²) in [4.78, 5) is 26.4. The van der Waals surface area contributed by atoms with Gasteiger partial charge in [0.25, 0.3) is 5.91 Å². The number of amides is 2. The predicted octanol–water partition coefficient (Wildman–Crippen LogP) is 3.54. The fraction of sp³-hybridized carbons (Fsp3) is 0.300. The van der Waals surface area contributed by atoms with Gasteiger partial charge in [-0.15, -0.1) is 0 Å². The number of anilines is 1. The third-order valence-corrected chi connectivity index (χ3v) is 4.10. The zero-order chi connectivity index (χ0) is 19.1. The Morgan fingerprint density at radius 3 is 2.38 bits per heavy atom. The van der Waals surface area contributed by atoms with Gasteiger partial charge in [0.1, 0.15) is 11.4 Å². The van der Waals surface area contributed by atoms with Crippen LogP contribution in [0.15, 0.2) is 48.5 Å². The van der Waals surface area contributed by atoms with Gasteiger partial charge in [0.15, 0.2) is 5.60 Å². The normalized spacial score (nSPS) is 19.4. The van der Waals surface area contributed by atoms with Crippen molar-refractivity contribution in [3.8, 4) is 0 Å². The first-order valence-corrected chi connectivity index (χ1v) is 8.26. The first-order chi connectivity index (χ1) is 12.1. The first kappa shape index (κ1) is 18.1. The summed E-state index contributed by atoms with van der Waals surface area (Å²) >= 11 is 0. The fourth-order valence-corrected chi connectivity index (χ4v) is 2.99. The molecule has 0 aromatic heterocycles. The second-order valence-electron chi connectivity index (χ2n) is 7.30. The van der Waals surface area contributed by atoms with Gasteiger partial charge in [0, 0.05) is 12.0 Å². The van der Waals surface area contributed by atoms with Gasteiger partial charge >= 0.3 is 6.09 Å². The van der Waals surface area contributed by atoms with E-state index in [1.807, 2.05) is 0 Å². The summed E-state index contributed by atoms with van der Waals surface area (Å²) in [5.74, 6) is -1.19. The Balaban J connectivity index is 2.01. The van der Waals surface area contributed by atoms with E-state index >= 15 is 0 Å². The van der Waals surface area contributed by atoms with Crippen molar-refractivity contribution in [2.75, 3.05) is 4.90 Å². The van der Waals surface area contributed by atoms with E-state index in [4.69, 9.17) is 4.74 Å². The van der Waals surface area contributed by atoms with Gasteiger partial charge in [-0.25, -0.2) is 14.1 Å². The van der Waals surface area contributed by atoms with E-state index in [1.165, 1.54) is 24.3 Å². The lowest BCUT2D eigenvalue weighted by atomic mass is 9.88. The molecule has 2 aromatic rings. The molecule has 0 fully saturated rings. The maximum absolute atomic E-state index is 13.1. The fourth-order valence-electron chi connectivity index (χ4n) is 2.99. The number of aliphatic hydroxyl groups is 1. The third kappa shape index (κ3) is 3.20. The quantitative estimate of drug-likeness (QED) is 0.893. The standard InChI is InChI=1S/C20H20FNO4/c1-19(2,3)26-18(24)22-16-7-5-4-6-15(16)20(25,17(22)23)12-13-8-10-14(21)11-9-13/h4-11,25H,12H2,1-3H3/t20-/m1/s1. The van der Waals surface area contributed by atoms with Crippen molar-refractivity contribution in [1.82, 2.24) is 0 Å². The Bertz CT molecular complexity index is 857. The highest BCUT2D eigenvalue weighted by atomic mass is 19.1. The highest BCUT2D eigenvalue weighted by Gasteiger charge is 2.52. The van der Waals surface area contributed by atoms with Gasteiger partial charge in [-0.2, -0.15) is 0 Å². The molecule has 0 saturated heterocycles. The molecule has 0 saturated carbocycles. The summed E-state index contributed by atoms with van der Waals surface area (Å²) in [6.45, 7) is 5.09. The molecule has 5 nitrogen and oxygen atoms in total. The first-order valence-electron chi connectivity index (χ1n) is 8.26. The molecule has 1 N–H and O–H groups in total. The van der Waals surface area contributed by atoms with E-state index in [1.54, 1.807) is 45.0 Å². The minimum absolute atomic E-state index is 0.0809. The monoisotopic (exact) mass is 357 g/mol. The molecule has 1 aliphatic heterocycles. The van der Waals surface area contributed by atoms with Crippen LogP contribution in [0.4, 0.5) is 14.9 Å². The van der Waals surface area contributed by atoms with E-state index in [2.05, 4.69) is 0 Å². The number of hydrogen-bond acceptors (Lipinski definition) is 4. The molecular weight excluding hydrogens is 337 g/mol. The summed E-state index contributed by atoms with van der Waals surface area (Å²) in [7, 11) is 0. The molecule has 6 heteroatoms. The average molecular weight is 357 g/mol. The number of ether oxygens (including phenoxy) is 1. The summed E-state index contributed by atoms with van der Waals surface area (Å²) < 4.78 is 18.5. The van der Waals surface area contributed by atoms with Crippen molar-refractivity contribution in [3.05, 3.63) is 65.5 Å². The number of nitrogens with zero attached hydrogens (tertiary/aromatic N) is 1. The molecule has 136 valence electrons. The van der Waals surface area contributed by atoms with Crippen molar-refractivity contribution in [2.24, 2.45) is 0 Å². The third-order valence-electron chi connectivity index (χ3n) is 4.10. The molecule has 1 aliphatic rings. The van der Waals surface area contributed by atoms with Crippen LogP contribution in [-0.2, 0) is 21.6 Å². The number of halogens is 1. The van der Waals surface area contributed by atoms with Crippen LogP contribution in [0.2, 0.25) is 0 Å². The zero-order valence-electron chi connectivity index (χ0n) is 14.8. The van der Waals surface area contributed by atoms with Crippen molar-refractivity contribution in [2.45, 2.75) is 38.4 Å². The molecule has 0 spiro atoms. The van der Waals surface area contributed by atoms with E-state index in [0.717, 1.165) is 4.90 Å². The summed E-state index contributed by atoms with van der Waals surface area (Å²) in [6, 6.07) is 12.1. The largest absolute Gasteiger partial charge is 0.443 e. The molecule has 0 unspecified atom stereocenters. The molecule has 1 heterocycles. The van der Waals surface area contributed by atoms with E-state index in [9.17, 15) is 19.1 Å². The summed E-state index contributed by atoms with van der Waals surface area (Å²) in [5, 5.41) is 11.2. The molecule has 2 amide bonds. The van der Waals surface area contributed by atoms with Gasteiger partial charge in [-0.05, 0) is 44.5 Å². The summed E-state index contributed by atoms with van der Waals surface area (Å²) in [6.07, 6.45) is -0.924. The topological polar surface area (TPSA) is 66.8 Å². The van der Waals surface area contributed by atoms with E-state index in [0.29, 0.717) is 11.1 Å². The SMILES string of the molecule is CC(C)(C)OC(=O)N1C(=O)[C@@](O)(Cc2ccc(F)cc2)c2ccccc21. The van der Waals surface area contributed by atoms with Crippen molar-refractivity contribution < 1.29 is 23.8 Å². The van der Waals surface area contributed by atoms with Crippen LogP contribution in [-0.4, -0.2) is 22.7 Å². The van der Waals surface area contributed by atoms with Crippen LogP contribution in [0.5, 0.6) is 0 Å². The minimum Gasteiger partial charge on any atom is -0.443 e. The molecule has 1 atom stereocenters. The van der Waals surface area contributed by atoms with Crippen LogP contribution in [0, 0.1) is 5.82 Å². The number of carbonyl (C=O) groups excluding carboxylic acids is 2. The number of rotatable bonds is 2. The van der Waals surface area contributed by atoms with Crippen LogP contribution in [0.3, 0.4) is 0 Å². The van der Waals surface area contributed by atoms with Gasteiger partial charge < -0.3 is 9.84 Å². The smallest absolute Gasteiger partial charge is 0.421 e. The highest BCUT2D eigenvalue weighted by Crippen LogP contribution is 2.42. The molecule has 3 rings (SSSR count). The van der Waals surface area contributed by atoms with Crippen LogP contribution >= 0.6 is 0 Å². The molecule has 26 heavy (non-hydrogen) atoms. The highest BCUT2D eigenvalue weighted by molar-refractivity contribution is 6.20. The Morgan fingerprint density at radius 2 is 1.77 bits per heavy atom. The minimum atomic E-state index is -1.93. The lowest BCUT2D eigenvalue weighted by Crippen LogP contribution is -2.46. The number of benzene rings is 2. The van der Waals surface area contributed by atoms with Crippen molar-refractivity contribution >= 4 is 17.7 Å². The van der Waals surface area contributed by atoms with Crippen LogP contribution in [0.25, 0.3) is 0 Å². The number of para-hydroxylation sites is 1. The van der Waals surface area contributed by atoms with E-state index < -0.39 is 29.0 Å². The number of imide groups is 1. The predicted molar refractivity (Wildman–Crippen MR) is 94.2 cm³/mol. The Morgan fingerprint density at radius 1 is 1.15 bits per heavy atom. The number of carbonyl (C=O) groups is 2. The lowest BCUT2D eigenvalue weighted by molar-refractivity contribution is -0.135. The lowest BCUT2D eigenvalue weighted by Gasteiger charge is -2.25. The van der Waals surface area contributed by atoms with Crippen LogP contribution < -0.4 is 4.90 Å². The average Bonchev–Trinajstić information content (AvgIpc) is 2.77. The van der Waals surface area contributed by atoms with Gasteiger partial charge in [-0.3, -0.25) is 4.79 Å². The van der Waals surface area contributed by atoms with Gasteiger partial charge in [-0.1, -0.05) is 30.3 Å². The number of fused-ring (bicyclic) bond motifs is 1. The van der Waals surface area contributed by atoms with Gasteiger partial charge in [0.2, 0.25) is 0 Å². The number of hydrogen-bond donors (Lipinski definition) is 1. The second kappa shape index (κ2) is 6.21. The maximum Gasteiger partial charge on any atom is 0.421 e. The zero-order valence-corrected chi connectivity index (χ0v) is 14.8.